The molecule has 2 aromatic rings. The number of nitrogens with one attached hydrogen (secondary N) is 2. The van der Waals surface area contributed by atoms with Crippen molar-refractivity contribution in [1.29, 1.82) is 0 Å². The van der Waals surface area contributed by atoms with Crippen LogP contribution in [-0.2, 0) is 6.54 Å². The molecular formula is C22H30IN3O3. The zero-order chi connectivity index (χ0) is 19.8. The Labute approximate surface area is 190 Å². The molecule has 0 fully saturated rings. The summed E-state index contributed by atoms with van der Waals surface area (Å²) in [6, 6.07) is 14.3. The van der Waals surface area contributed by atoms with Crippen LogP contribution in [0.3, 0.4) is 0 Å². The van der Waals surface area contributed by atoms with Crippen LogP contribution < -0.4 is 24.8 Å². The summed E-state index contributed by atoms with van der Waals surface area (Å²) < 4.78 is 16.8. The Bertz CT molecular complexity index is 814. The van der Waals surface area contributed by atoms with Crippen molar-refractivity contribution in [2.75, 3.05) is 26.9 Å². The Morgan fingerprint density at radius 2 is 2.00 bits per heavy atom. The smallest absolute Gasteiger partial charge is 0.192 e. The monoisotopic (exact) mass is 511 g/mol. The van der Waals surface area contributed by atoms with Gasteiger partial charge in [-0.25, -0.2) is 4.99 Å². The van der Waals surface area contributed by atoms with Gasteiger partial charge >= 0.3 is 0 Å². The van der Waals surface area contributed by atoms with Crippen LogP contribution in [0.4, 0.5) is 0 Å². The van der Waals surface area contributed by atoms with Gasteiger partial charge in [0.1, 0.15) is 5.75 Å². The SMILES string of the molecule is CCNC(=NCc1ccc(OC)c(OCC)c1)NC1CCOc2ccccc21.I. The third-order valence-corrected chi connectivity index (χ3v) is 4.56. The fourth-order valence-corrected chi connectivity index (χ4v) is 3.24. The van der Waals surface area contributed by atoms with E-state index in [0.717, 1.165) is 41.7 Å². The highest BCUT2D eigenvalue weighted by Crippen LogP contribution is 2.31. The molecule has 1 heterocycles. The summed E-state index contributed by atoms with van der Waals surface area (Å²) in [4.78, 5) is 4.76. The Hall–Kier alpha value is -2.16. The molecule has 1 atom stereocenters. The van der Waals surface area contributed by atoms with Crippen LogP contribution in [-0.4, -0.2) is 32.8 Å². The number of halogens is 1. The number of methoxy groups -OCH3 is 1. The molecule has 1 aliphatic heterocycles. The third-order valence-electron chi connectivity index (χ3n) is 4.56. The quantitative estimate of drug-likeness (QED) is 0.330. The molecule has 1 unspecified atom stereocenters. The van der Waals surface area contributed by atoms with Gasteiger partial charge in [0.25, 0.3) is 0 Å². The van der Waals surface area contributed by atoms with Gasteiger partial charge in [0.2, 0.25) is 0 Å². The van der Waals surface area contributed by atoms with E-state index in [0.29, 0.717) is 19.8 Å². The lowest BCUT2D eigenvalue weighted by Gasteiger charge is -2.28. The van der Waals surface area contributed by atoms with Crippen LogP contribution in [0.1, 0.15) is 37.4 Å². The second-order valence-corrected chi connectivity index (χ2v) is 6.49. The van der Waals surface area contributed by atoms with Crippen LogP contribution in [0, 0.1) is 0 Å². The van der Waals surface area contributed by atoms with Crippen LogP contribution >= 0.6 is 24.0 Å². The summed E-state index contributed by atoms with van der Waals surface area (Å²) in [6.07, 6.45) is 0.901. The van der Waals surface area contributed by atoms with Crippen LogP contribution in [0.15, 0.2) is 47.5 Å². The Kier molecular flexibility index (Phi) is 9.37. The standard InChI is InChI=1S/C22H29N3O3.HI/c1-4-23-22(25-18-12-13-28-19-9-7-6-8-17(18)19)24-15-16-10-11-20(26-3)21(14-16)27-5-2;/h6-11,14,18H,4-5,12-13,15H2,1-3H3,(H2,23,24,25);1H. The van der Waals surface area contributed by atoms with Gasteiger partial charge in [-0.05, 0) is 37.6 Å². The summed E-state index contributed by atoms with van der Waals surface area (Å²) in [5.74, 6) is 3.21. The van der Waals surface area contributed by atoms with Gasteiger partial charge in [-0.3, -0.25) is 0 Å². The van der Waals surface area contributed by atoms with Crippen molar-refractivity contribution in [2.24, 2.45) is 4.99 Å². The van der Waals surface area contributed by atoms with Crippen molar-refractivity contribution in [1.82, 2.24) is 10.6 Å². The Morgan fingerprint density at radius 3 is 2.76 bits per heavy atom. The van der Waals surface area contributed by atoms with Crippen molar-refractivity contribution >= 4 is 29.9 Å². The molecule has 0 amide bonds. The van der Waals surface area contributed by atoms with Crippen molar-refractivity contribution in [2.45, 2.75) is 32.9 Å². The van der Waals surface area contributed by atoms with Gasteiger partial charge in [0.05, 0.1) is 32.9 Å². The highest BCUT2D eigenvalue weighted by atomic mass is 127. The van der Waals surface area contributed by atoms with E-state index in [9.17, 15) is 0 Å². The number of aliphatic imine (C=N–C) groups is 1. The first kappa shape index (κ1) is 23.1. The molecule has 1 aliphatic rings. The largest absolute Gasteiger partial charge is 0.493 e. The molecule has 0 aromatic heterocycles. The molecule has 158 valence electrons. The number of para-hydroxylation sites is 1. The molecule has 2 aromatic carbocycles. The lowest BCUT2D eigenvalue weighted by Crippen LogP contribution is -2.41. The van der Waals surface area contributed by atoms with Gasteiger partial charge in [0, 0.05) is 18.5 Å². The molecular weight excluding hydrogens is 481 g/mol. The third kappa shape index (κ3) is 6.16. The van der Waals surface area contributed by atoms with E-state index in [1.807, 2.05) is 43.3 Å². The number of benzene rings is 2. The highest BCUT2D eigenvalue weighted by molar-refractivity contribution is 14.0. The minimum Gasteiger partial charge on any atom is -0.493 e. The lowest BCUT2D eigenvalue weighted by atomic mass is 10.0. The fourth-order valence-electron chi connectivity index (χ4n) is 3.24. The van der Waals surface area contributed by atoms with E-state index < -0.39 is 0 Å². The molecule has 0 saturated heterocycles. The van der Waals surface area contributed by atoms with Gasteiger partial charge < -0.3 is 24.8 Å². The summed E-state index contributed by atoms with van der Waals surface area (Å²) in [6.45, 7) is 6.66. The number of fused-ring (bicyclic) bond motifs is 1. The maximum absolute atomic E-state index is 5.76. The summed E-state index contributed by atoms with van der Waals surface area (Å²) in [5.41, 5.74) is 2.23. The van der Waals surface area contributed by atoms with Gasteiger partial charge in [-0.1, -0.05) is 24.3 Å². The van der Waals surface area contributed by atoms with Crippen molar-refractivity contribution in [3.63, 3.8) is 0 Å². The molecule has 0 aliphatic carbocycles. The minimum atomic E-state index is 0. The molecule has 3 rings (SSSR count). The number of ether oxygens (including phenoxy) is 3. The van der Waals surface area contributed by atoms with Gasteiger partial charge in [-0.2, -0.15) is 0 Å². The first-order chi connectivity index (χ1) is 13.7. The van der Waals surface area contributed by atoms with E-state index in [4.69, 9.17) is 19.2 Å². The van der Waals surface area contributed by atoms with Crippen molar-refractivity contribution < 1.29 is 14.2 Å². The second-order valence-electron chi connectivity index (χ2n) is 6.49. The summed E-state index contributed by atoms with van der Waals surface area (Å²) in [7, 11) is 1.65. The van der Waals surface area contributed by atoms with E-state index in [1.165, 1.54) is 5.56 Å². The Balaban J connectivity index is 0.00000300. The van der Waals surface area contributed by atoms with Gasteiger partial charge in [-0.15, -0.1) is 24.0 Å². The van der Waals surface area contributed by atoms with E-state index >= 15 is 0 Å². The van der Waals surface area contributed by atoms with Crippen molar-refractivity contribution in [3.8, 4) is 17.2 Å². The zero-order valence-corrected chi connectivity index (χ0v) is 19.6. The minimum absolute atomic E-state index is 0. The molecule has 7 heteroatoms. The first-order valence-electron chi connectivity index (χ1n) is 9.81. The molecule has 0 saturated carbocycles. The number of hydrogen-bond donors (Lipinski definition) is 2. The van der Waals surface area contributed by atoms with Gasteiger partial charge in [0.15, 0.2) is 17.5 Å². The summed E-state index contributed by atoms with van der Waals surface area (Å²) in [5, 5.41) is 6.88. The molecule has 2 N–H and O–H groups in total. The topological polar surface area (TPSA) is 64.1 Å². The van der Waals surface area contributed by atoms with E-state index in [2.05, 4.69) is 23.6 Å². The maximum Gasteiger partial charge on any atom is 0.192 e. The van der Waals surface area contributed by atoms with E-state index in [-0.39, 0.29) is 30.0 Å². The normalized spacial score (nSPS) is 15.4. The number of guanidine groups is 1. The molecule has 0 bridgehead atoms. The fraction of sp³-hybridized carbons (Fsp3) is 0.409. The first-order valence-corrected chi connectivity index (χ1v) is 9.81. The lowest BCUT2D eigenvalue weighted by molar-refractivity contribution is 0.261. The van der Waals surface area contributed by atoms with Crippen LogP contribution in [0.2, 0.25) is 0 Å². The highest BCUT2D eigenvalue weighted by Gasteiger charge is 2.21. The zero-order valence-electron chi connectivity index (χ0n) is 17.2. The summed E-state index contributed by atoms with van der Waals surface area (Å²) >= 11 is 0. The number of nitrogens with zero attached hydrogens (tertiary/aromatic N) is 1. The van der Waals surface area contributed by atoms with Crippen LogP contribution in [0.5, 0.6) is 17.2 Å². The molecule has 29 heavy (non-hydrogen) atoms. The second kappa shape index (κ2) is 11.7. The van der Waals surface area contributed by atoms with Crippen molar-refractivity contribution in [3.05, 3.63) is 53.6 Å². The predicted molar refractivity (Wildman–Crippen MR) is 127 cm³/mol. The Morgan fingerprint density at radius 1 is 1.17 bits per heavy atom. The molecule has 6 nitrogen and oxygen atoms in total. The average Bonchev–Trinajstić information content (AvgIpc) is 2.73. The molecule has 0 radical (unpaired) electrons. The predicted octanol–water partition coefficient (Wildman–Crippen LogP) is 4.29. The average molecular weight is 511 g/mol. The van der Waals surface area contributed by atoms with Crippen LogP contribution in [0.25, 0.3) is 0 Å². The number of rotatable bonds is 7. The van der Waals surface area contributed by atoms with E-state index in [1.54, 1.807) is 7.11 Å². The molecule has 0 spiro atoms. The maximum atomic E-state index is 5.76. The number of hydrogen-bond acceptors (Lipinski definition) is 4.